The zero-order valence-corrected chi connectivity index (χ0v) is 9.56. The van der Waals surface area contributed by atoms with E-state index in [2.05, 4.69) is 20.4 Å². The summed E-state index contributed by atoms with van der Waals surface area (Å²) in [6, 6.07) is 15.4. The number of anilines is 2. The summed E-state index contributed by atoms with van der Waals surface area (Å²) >= 11 is 0. The molecule has 3 aromatic rings. The van der Waals surface area contributed by atoms with Crippen LogP contribution in [0.25, 0.3) is 5.82 Å². The number of nitrogens with one attached hydrogen (secondary N) is 1. The van der Waals surface area contributed by atoms with E-state index in [9.17, 15) is 0 Å². The fourth-order valence-corrected chi connectivity index (χ4v) is 1.57. The first-order valence-electron chi connectivity index (χ1n) is 5.57. The Bertz CT molecular complexity index is 618. The van der Waals surface area contributed by atoms with Gasteiger partial charge in [-0.3, -0.25) is 0 Å². The summed E-state index contributed by atoms with van der Waals surface area (Å²) in [5.41, 5.74) is 0.955. The topological polar surface area (TPSA) is 55.6 Å². The van der Waals surface area contributed by atoms with Gasteiger partial charge in [0.15, 0.2) is 5.82 Å². The van der Waals surface area contributed by atoms with Crippen LogP contribution in [0.15, 0.2) is 61.1 Å². The summed E-state index contributed by atoms with van der Waals surface area (Å²) in [5.74, 6) is 1.29. The van der Waals surface area contributed by atoms with Gasteiger partial charge < -0.3 is 5.32 Å². The van der Waals surface area contributed by atoms with Gasteiger partial charge >= 0.3 is 0 Å². The Hall–Kier alpha value is -2.69. The predicted molar refractivity (Wildman–Crippen MR) is 68.9 cm³/mol. The lowest BCUT2D eigenvalue weighted by Crippen LogP contribution is -1.98. The van der Waals surface area contributed by atoms with Crippen molar-refractivity contribution in [3.63, 3.8) is 0 Å². The Morgan fingerprint density at radius 3 is 2.50 bits per heavy atom. The molecule has 0 saturated heterocycles. The van der Waals surface area contributed by atoms with Gasteiger partial charge in [-0.2, -0.15) is 4.98 Å². The molecule has 1 aromatic carbocycles. The fourth-order valence-electron chi connectivity index (χ4n) is 1.57. The highest BCUT2D eigenvalue weighted by Crippen LogP contribution is 2.12. The predicted octanol–water partition coefficient (Wildman–Crippen LogP) is 2.41. The molecule has 18 heavy (non-hydrogen) atoms. The number of rotatable bonds is 3. The molecule has 2 heterocycles. The number of hydrogen-bond acceptors (Lipinski definition) is 4. The summed E-state index contributed by atoms with van der Waals surface area (Å²) in [4.78, 5) is 8.39. The van der Waals surface area contributed by atoms with Crippen molar-refractivity contribution >= 4 is 11.6 Å². The van der Waals surface area contributed by atoms with Gasteiger partial charge in [-0.05, 0) is 24.3 Å². The molecule has 0 unspecified atom stereocenters. The van der Waals surface area contributed by atoms with Gasteiger partial charge in [0.2, 0.25) is 5.95 Å². The Morgan fingerprint density at radius 1 is 0.889 bits per heavy atom. The van der Waals surface area contributed by atoms with Crippen LogP contribution in [0.1, 0.15) is 0 Å². The van der Waals surface area contributed by atoms with E-state index in [-0.39, 0.29) is 0 Å². The Balaban J connectivity index is 1.82. The van der Waals surface area contributed by atoms with Gasteiger partial charge in [-0.15, -0.1) is 5.10 Å². The minimum Gasteiger partial charge on any atom is -0.323 e. The Morgan fingerprint density at radius 2 is 1.72 bits per heavy atom. The second kappa shape index (κ2) is 4.67. The lowest BCUT2D eigenvalue weighted by atomic mass is 10.3. The normalized spacial score (nSPS) is 10.2. The fraction of sp³-hybridized carbons (Fsp3) is 0. The van der Waals surface area contributed by atoms with Crippen LogP contribution in [0.5, 0.6) is 0 Å². The van der Waals surface area contributed by atoms with Gasteiger partial charge in [-0.25, -0.2) is 9.67 Å². The summed E-state index contributed by atoms with van der Waals surface area (Å²) < 4.78 is 1.63. The van der Waals surface area contributed by atoms with Gasteiger partial charge in [0.1, 0.15) is 6.33 Å². The minimum atomic E-state index is 0.548. The van der Waals surface area contributed by atoms with Gasteiger partial charge in [0.05, 0.1) is 0 Å². The first kappa shape index (κ1) is 10.5. The van der Waals surface area contributed by atoms with Crippen LogP contribution < -0.4 is 5.32 Å². The maximum atomic E-state index is 4.31. The van der Waals surface area contributed by atoms with E-state index >= 15 is 0 Å². The van der Waals surface area contributed by atoms with E-state index < -0.39 is 0 Å². The van der Waals surface area contributed by atoms with E-state index in [4.69, 9.17) is 0 Å². The molecule has 0 aliphatic heterocycles. The molecule has 1 N–H and O–H groups in total. The maximum Gasteiger partial charge on any atom is 0.247 e. The number of aromatic nitrogens is 4. The summed E-state index contributed by atoms with van der Waals surface area (Å²) in [6.07, 6.45) is 3.36. The SMILES string of the molecule is c1ccc(Nc2ncn(-c3ccccn3)n2)cc1. The second-order valence-corrected chi connectivity index (χ2v) is 3.69. The zero-order valence-electron chi connectivity index (χ0n) is 9.56. The molecule has 0 aliphatic rings. The van der Waals surface area contributed by atoms with Crippen molar-refractivity contribution in [3.05, 3.63) is 61.1 Å². The van der Waals surface area contributed by atoms with E-state index in [1.54, 1.807) is 17.2 Å². The van der Waals surface area contributed by atoms with Gasteiger partial charge in [0, 0.05) is 11.9 Å². The lowest BCUT2D eigenvalue weighted by molar-refractivity contribution is 0.848. The molecule has 0 bridgehead atoms. The van der Waals surface area contributed by atoms with Crippen LogP contribution in [0.3, 0.4) is 0 Å². The number of para-hydroxylation sites is 1. The average molecular weight is 237 g/mol. The number of nitrogens with zero attached hydrogens (tertiary/aromatic N) is 4. The molecule has 0 amide bonds. The third-order valence-corrected chi connectivity index (χ3v) is 2.41. The van der Waals surface area contributed by atoms with Crippen LogP contribution in [-0.4, -0.2) is 19.7 Å². The molecule has 5 nitrogen and oxygen atoms in total. The van der Waals surface area contributed by atoms with Gasteiger partial charge in [-0.1, -0.05) is 24.3 Å². The molecule has 3 rings (SSSR count). The number of pyridine rings is 1. The quantitative estimate of drug-likeness (QED) is 0.760. The largest absolute Gasteiger partial charge is 0.323 e. The minimum absolute atomic E-state index is 0.548. The van der Waals surface area contributed by atoms with E-state index in [0.717, 1.165) is 11.5 Å². The summed E-state index contributed by atoms with van der Waals surface area (Å²) in [5, 5.41) is 7.43. The third kappa shape index (κ3) is 2.20. The average Bonchev–Trinajstić information content (AvgIpc) is 2.89. The Kier molecular flexibility index (Phi) is 2.71. The molecular weight excluding hydrogens is 226 g/mol. The molecule has 88 valence electrons. The highest BCUT2D eigenvalue weighted by Gasteiger charge is 2.02. The highest BCUT2D eigenvalue weighted by molar-refractivity contribution is 5.52. The summed E-state index contributed by atoms with van der Waals surface area (Å²) in [7, 11) is 0. The molecule has 0 fully saturated rings. The summed E-state index contributed by atoms with van der Waals surface area (Å²) in [6.45, 7) is 0. The molecular formula is C13H11N5. The van der Waals surface area contributed by atoms with E-state index in [0.29, 0.717) is 5.95 Å². The van der Waals surface area contributed by atoms with Crippen LogP contribution in [-0.2, 0) is 0 Å². The smallest absolute Gasteiger partial charge is 0.247 e. The first-order chi connectivity index (χ1) is 8.92. The van der Waals surface area contributed by atoms with Crippen molar-refractivity contribution in [1.29, 1.82) is 0 Å². The van der Waals surface area contributed by atoms with Crippen LogP contribution >= 0.6 is 0 Å². The highest BCUT2D eigenvalue weighted by atomic mass is 15.4. The molecule has 0 saturated carbocycles. The molecule has 0 atom stereocenters. The van der Waals surface area contributed by atoms with Crippen LogP contribution in [0, 0.1) is 0 Å². The van der Waals surface area contributed by atoms with Crippen molar-refractivity contribution in [3.8, 4) is 5.82 Å². The van der Waals surface area contributed by atoms with E-state index in [1.807, 2.05) is 48.5 Å². The Labute approximate surface area is 104 Å². The molecule has 2 aromatic heterocycles. The van der Waals surface area contributed by atoms with Gasteiger partial charge in [0.25, 0.3) is 0 Å². The molecule has 5 heteroatoms. The first-order valence-corrected chi connectivity index (χ1v) is 5.57. The standard InChI is InChI=1S/C13H11N5/c1-2-6-11(7-3-1)16-13-15-10-18(17-13)12-8-4-5-9-14-12/h1-10H,(H,16,17). The van der Waals surface area contributed by atoms with Crippen molar-refractivity contribution in [1.82, 2.24) is 19.7 Å². The maximum absolute atomic E-state index is 4.31. The van der Waals surface area contributed by atoms with Crippen LogP contribution in [0.2, 0.25) is 0 Å². The molecule has 0 radical (unpaired) electrons. The number of benzene rings is 1. The van der Waals surface area contributed by atoms with Crippen molar-refractivity contribution in [2.24, 2.45) is 0 Å². The monoisotopic (exact) mass is 237 g/mol. The van der Waals surface area contributed by atoms with Crippen molar-refractivity contribution in [2.75, 3.05) is 5.32 Å². The van der Waals surface area contributed by atoms with Crippen molar-refractivity contribution in [2.45, 2.75) is 0 Å². The third-order valence-electron chi connectivity index (χ3n) is 2.41. The van der Waals surface area contributed by atoms with Crippen molar-refractivity contribution < 1.29 is 0 Å². The molecule has 0 spiro atoms. The van der Waals surface area contributed by atoms with Crippen LogP contribution in [0.4, 0.5) is 11.6 Å². The zero-order chi connectivity index (χ0) is 12.2. The molecule has 0 aliphatic carbocycles. The lowest BCUT2D eigenvalue weighted by Gasteiger charge is -2.00. The van der Waals surface area contributed by atoms with E-state index in [1.165, 1.54) is 0 Å². The second-order valence-electron chi connectivity index (χ2n) is 3.69. The number of hydrogen-bond donors (Lipinski definition) is 1.